The molecule has 0 bridgehead atoms. The predicted molar refractivity (Wildman–Crippen MR) is 119 cm³/mol. The highest BCUT2D eigenvalue weighted by Gasteiger charge is 2.26. The van der Waals surface area contributed by atoms with E-state index in [1.807, 2.05) is 22.1 Å². The van der Waals surface area contributed by atoms with E-state index in [1.54, 1.807) is 11.3 Å². The van der Waals surface area contributed by atoms with E-state index < -0.39 is 0 Å². The van der Waals surface area contributed by atoms with Crippen molar-refractivity contribution < 1.29 is 4.79 Å². The van der Waals surface area contributed by atoms with Crippen molar-refractivity contribution in [1.29, 1.82) is 0 Å². The Hall–Kier alpha value is -1.51. The SMILES string of the molecule is CC1CCN(CC2CCCN(C(=O)CCn3c(-c4cccs4)n[nH]c3=S)C2)CC1. The minimum Gasteiger partial charge on any atom is -0.342 e. The molecule has 4 heterocycles. The molecule has 6 nitrogen and oxygen atoms in total. The van der Waals surface area contributed by atoms with Crippen molar-refractivity contribution in [2.24, 2.45) is 11.8 Å². The average Bonchev–Trinajstić information content (AvgIpc) is 3.38. The van der Waals surface area contributed by atoms with Gasteiger partial charge in [0.2, 0.25) is 5.91 Å². The van der Waals surface area contributed by atoms with Gasteiger partial charge in [-0.25, -0.2) is 0 Å². The first-order valence-electron chi connectivity index (χ1n) is 10.8. The number of aromatic nitrogens is 3. The number of likely N-dealkylation sites (tertiary alicyclic amines) is 2. The van der Waals surface area contributed by atoms with Crippen LogP contribution in [0, 0.1) is 16.6 Å². The van der Waals surface area contributed by atoms with Crippen molar-refractivity contribution >= 4 is 29.5 Å². The van der Waals surface area contributed by atoms with Crippen molar-refractivity contribution in [2.45, 2.75) is 45.6 Å². The van der Waals surface area contributed by atoms with Gasteiger partial charge in [0.15, 0.2) is 10.6 Å². The maximum Gasteiger partial charge on any atom is 0.224 e. The van der Waals surface area contributed by atoms with E-state index in [-0.39, 0.29) is 5.91 Å². The molecule has 0 saturated carbocycles. The van der Waals surface area contributed by atoms with E-state index in [0.717, 1.165) is 42.7 Å². The Morgan fingerprint density at radius 2 is 2.14 bits per heavy atom. The van der Waals surface area contributed by atoms with Crippen molar-refractivity contribution in [3.05, 3.63) is 22.3 Å². The summed E-state index contributed by atoms with van der Waals surface area (Å²) in [4.78, 5) is 18.7. The Bertz CT molecular complexity index is 851. The molecule has 2 saturated heterocycles. The van der Waals surface area contributed by atoms with Crippen LogP contribution in [0.15, 0.2) is 17.5 Å². The Morgan fingerprint density at radius 1 is 1.31 bits per heavy atom. The van der Waals surface area contributed by atoms with Gasteiger partial charge in [-0.2, -0.15) is 5.10 Å². The van der Waals surface area contributed by atoms with Gasteiger partial charge in [-0.15, -0.1) is 11.3 Å². The minimum absolute atomic E-state index is 0.238. The molecule has 1 atom stereocenters. The number of nitrogens with one attached hydrogen (secondary N) is 1. The smallest absolute Gasteiger partial charge is 0.224 e. The fraction of sp³-hybridized carbons (Fsp3) is 0.667. The Kier molecular flexibility index (Phi) is 6.82. The molecule has 2 aromatic rings. The zero-order valence-electron chi connectivity index (χ0n) is 17.2. The molecule has 0 aromatic carbocycles. The molecule has 2 aliphatic heterocycles. The topological polar surface area (TPSA) is 57.2 Å². The zero-order valence-corrected chi connectivity index (χ0v) is 18.8. The first kappa shape index (κ1) is 20.8. The second-order valence-corrected chi connectivity index (χ2v) is 9.90. The summed E-state index contributed by atoms with van der Waals surface area (Å²) >= 11 is 7.03. The molecular weight excluding hydrogens is 402 g/mol. The highest BCUT2D eigenvalue weighted by molar-refractivity contribution is 7.71. The average molecular weight is 434 g/mol. The molecule has 2 aromatic heterocycles. The van der Waals surface area contributed by atoms with Crippen molar-refractivity contribution in [2.75, 3.05) is 32.7 Å². The number of carbonyl (C=O) groups excluding carboxylic acids is 1. The van der Waals surface area contributed by atoms with Crippen LogP contribution in [0.25, 0.3) is 10.7 Å². The summed E-state index contributed by atoms with van der Waals surface area (Å²) in [6, 6.07) is 4.04. The van der Waals surface area contributed by atoms with Crippen LogP contribution < -0.4 is 0 Å². The monoisotopic (exact) mass is 433 g/mol. The molecule has 158 valence electrons. The predicted octanol–water partition coefficient (Wildman–Crippen LogP) is 4.03. The summed E-state index contributed by atoms with van der Waals surface area (Å²) in [5.41, 5.74) is 0. The third kappa shape index (κ3) is 5.16. The van der Waals surface area contributed by atoms with Gasteiger partial charge in [-0.05, 0) is 74.3 Å². The molecule has 0 radical (unpaired) electrons. The van der Waals surface area contributed by atoms with E-state index >= 15 is 0 Å². The maximum atomic E-state index is 12.9. The molecule has 2 fully saturated rings. The standard InChI is InChI=1S/C21H31N5OS2/c1-16-6-10-24(11-7-16)14-17-4-2-9-25(15-17)19(27)8-12-26-20(22-23-21(26)28)18-5-3-13-29-18/h3,5,13,16-17H,2,4,6-12,14-15H2,1H3,(H,23,28). The Labute approximate surface area is 181 Å². The molecule has 29 heavy (non-hydrogen) atoms. The number of carbonyl (C=O) groups is 1. The number of hydrogen-bond acceptors (Lipinski definition) is 5. The number of nitrogens with zero attached hydrogens (tertiary/aromatic N) is 4. The Balaban J connectivity index is 1.31. The number of rotatable bonds is 6. The fourth-order valence-corrected chi connectivity index (χ4v) is 5.48. The van der Waals surface area contributed by atoms with Gasteiger partial charge in [0.05, 0.1) is 4.88 Å². The summed E-state index contributed by atoms with van der Waals surface area (Å²) in [5, 5.41) is 9.26. The first-order chi connectivity index (χ1) is 14.1. The van der Waals surface area contributed by atoms with Crippen LogP contribution in [0.1, 0.15) is 39.0 Å². The van der Waals surface area contributed by atoms with E-state index in [9.17, 15) is 4.79 Å². The lowest BCUT2D eigenvalue weighted by Gasteiger charge is -2.38. The quantitative estimate of drug-likeness (QED) is 0.699. The first-order valence-corrected chi connectivity index (χ1v) is 12.1. The summed E-state index contributed by atoms with van der Waals surface area (Å²) in [5.74, 6) is 2.54. The summed E-state index contributed by atoms with van der Waals surface area (Å²) in [7, 11) is 0. The van der Waals surface area contributed by atoms with Crippen molar-refractivity contribution in [3.63, 3.8) is 0 Å². The molecule has 1 amide bonds. The van der Waals surface area contributed by atoms with Gasteiger partial charge in [-0.3, -0.25) is 14.5 Å². The molecule has 8 heteroatoms. The van der Waals surface area contributed by atoms with Crippen LogP contribution in [0.3, 0.4) is 0 Å². The third-order valence-corrected chi connectivity index (χ3v) is 7.49. The third-order valence-electron chi connectivity index (χ3n) is 6.31. The van der Waals surface area contributed by atoms with Crippen molar-refractivity contribution in [1.82, 2.24) is 24.6 Å². The summed E-state index contributed by atoms with van der Waals surface area (Å²) in [6.45, 7) is 8.30. The van der Waals surface area contributed by atoms with E-state index in [2.05, 4.69) is 26.9 Å². The van der Waals surface area contributed by atoms with Crippen LogP contribution >= 0.6 is 23.6 Å². The number of hydrogen-bond donors (Lipinski definition) is 1. The lowest BCUT2D eigenvalue weighted by atomic mass is 9.94. The highest BCUT2D eigenvalue weighted by atomic mass is 32.1. The van der Waals surface area contributed by atoms with Crippen LogP contribution in [0.2, 0.25) is 0 Å². The molecule has 1 N–H and O–H groups in total. The second kappa shape index (κ2) is 9.53. The molecule has 2 aliphatic rings. The van der Waals surface area contributed by atoms with Gasteiger partial charge >= 0.3 is 0 Å². The van der Waals surface area contributed by atoms with Crippen molar-refractivity contribution in [3.8, 4) is 10.7 Å². The van der Waals surface area contributed by atoms with Crippen LogP contribution in [0.4, 0.5) is 0 Å². The fourth-order valence-electron chi connectivity index (χ4n) is 4.53. The maximum absolute atomic E-state index is 12.9. The molecule has 4 rings (SSSR count). The van der Waals surface area contributed by atoms with Crippen LogP contribution in [-0.2, 0) is 11.3 Å². The van der Waals surface area contributed by atoms with Gasteiger partial charge in [0.25, 0.3) is 0 Å². The minimum atomic E-state index is 0.238. The highest BCUT2D eigenvalue weighted by Crippen LogP contribution is 2.24. The number of amides is 1. The van der Waals surface area contributed by atoms with E-state index in [4.69, 9.17) is 12.2 Å². The summed E-state index contributed by atoms with van der Waals surface area (Å²) < 4.78 is 2.53. The lowest BCUT2D eigenvalue weighted by molar-refractivity contribution is -0.133. The van der Waals surface area contributed by atoms with E-state index in [0.29, 0.717) is 23.7 Å². The molecule has 1 unspecified atom stereocenters. The number of piperidine rings is 2. The largest absolute Gasteiger partial charge is 0.342 e. The van der Waals surface area contributed by atoms with Crippen LogP contribution in [-0.4, -0.2) is 63.2 Å². The number of aromatic amines is 1. The van der Waals surface area contributed by atoms with Gasteiger partial charge < -0.3 is 9.80 Å². The van der Waals surface area contributed by atoms with Gasteiger partial charge in [0.1, 0.15) is 0 Å². The van der Waals surface area contributed by atoms with E-state index in [1.165, 1.54) is 32.4 Å². The molecular formula is C21H31N5OS2. The number of thiophene rings is 1. The molecule has 0 aliphatic carbocycles. The second-order valence-electron chi connectivity index (χ2n) is 8.56. The Morgan fingerprint density at radius 3 is 2.90 bits per heavy atom. The summed E-state index contributed by atoms with van der Waals surface area (Å²) in [6.07, 6.45) is 5.46. The van der Waals surface area contributed by atoms with Gasteiger partial charge in [-0.1, -0.05) is 13.0 Å². The van der Waals surface area contributed by atoms with Gasteiger partial charge in [0, 0.05) is 32.6 Å². The van der Waals surface area contributed by atoms with Crippen LogP contribution in [0.5, 0.6) is 0 Å². The molecule has 0 spiro atoms. The lowest BCUT2D eigenvalue weighted by Crippen LogP contribution is -2.45. The number of H-pyrrole nitrogens is 1. The zero-order chi connectivity index (χ0) is 20.2. The normalized spacial score (nSPS) is 21.6.